The van der Waals surface area contributed by atoms with Gasteiger partial charge in [0.15, 0.2) is 0 Å². The van der Waals surface area contributed by atoms with Crippen molar-refractivity contribution in [2.75, 3.05) is 5.32 Å². The Bertz CT molecular complexity index is 865. The minimum Gasteiger partial charge on any atom is -0.478 e. The van der Waals surface area contributed by atoms with Crippen LogP contribution in [0.1, 0.15) is 52.7 Å². The normalized spacial score (nSPS) is 32.0. The third kappa shape index (κ3) is 2.29. The Morgan fingerprint density at radius 1 is 1.12 bits per heavy atom. The number of hydrogen-bond acceptors (Lipinski definition) is 2. The fourth-order valence-electron chi connectivity index (χ4n) is 5.65. The molecule has 2 N–H and O–H groups in total. The van der Waals surface area contributed by atoms with E-state index >= 15 is 0 Å². The van der Waals surface area contributed by atoms with Gasteiger partial charge in [0.05, 0.1) is 11.6 Å². The molecule has 2 aliphatic carbocycles. The monoisotopic (exact) mass is 353 g/mol. The molecule has 5 atom stereocenters. The van der Waals surface area contributed by atoms with Crippen LogP contribution in [-0.4, -0.2) is 11.1 Å². The Balaban J connectivity index is 1.64. The minimum atomic E-state index is -0.848. The highest BCUT2D eigenvalue weighted by atomic mass is 35.5. The predicted octanol–water partition coefficient (Wildman–Crippen LogP) is 5.33. The first-order chi connectivity index (χ1) is 12.1. The zero-order valence-electron chi connectivity index (χ0n) is 13.8. The van der Waals surface area contributed by atoms with E-state index < -0.39 is 5.97 Å². The van der Waals surface area contributed by atoms with Crippen LogP contribution in [0.3, 0.4) is 0 Å². The summed E-state index contributed by atoms with van der Waals surface area (Å²) in [6, 6.07) is 14.0. The molecule has 0 saturated heterocycles. The first-order valence-electron chi connectivity index (χ1n) is 9.01. The molecule has 2 aromatic carbocycles. The van der Waals surface area contributed by atoms with Gasteiger partial charge in [-0.25, -0.2) is 4.79 Å². The van der Waals surface area contributed by atoms with E-state index in [-0.39, 0.29) is 6.04 Å². The van der Waals surface area contributed by atoms with Crippen LogP contribution in [0.4, 0.5) is 5.69 Å². The van der Waals surface area contributed by atoms with E-state index in [2.05, 4.69) is 17.4 Å². The van der Waals surface area contributed by atoms with E-state index in [9.17, 15) is 9.90 Å². The molecule has 1 aliphatic heterocycles. The van der Waals surface area contributed by atoms with Crippen molar-refractivity contribution in [2.24, 2.45) is 17.8 Å². The van der Waals surface area contributed by atoms with Crippen molar-refractivity contribution in [1.29, 1.82) is 0 Å². The number of fused-ring (bicyclic) bond motifs is 7. The second-order valence-corrected chi connectivity index (χ2v) is 8.16. The molecule has 3 aliphatic rings. The van der Waals surface area contributed by atoms with Crippen molar-refractivity contribution in [1.82, 2.24) is 0 Å². The highest BCUT2D eigenvalue weighted by molar-refractivity contribution is 6.30. The molecule has 2 bridgehead atoms. The first-order valence-corrected chi connectivity index (χ1v) is 9.39. The summed E-state index contributed by atoms with van der Waals surface area (Å²) >= 11 is 6.25. The van der Waals surface area contributed by atoms with Gasteiger partial charge in [0, 0.05) is 10.7 Å². The lowest BCUT2D eigenvalue weighted by Crippen LogP contribution is -2.35. The van der Waals surface area contributed by atoms with E-state index in [0.717, 1.165) is 10.7 Å². The smallest absolute Gasteiger partial charge is 0.335 e. The van der Waals surface area contributed by atoms with Crippen molar-refractivity contribution in [3.63, 3.8) is 0 Å². The van der Waals surface area contributed by atoms with Gasteiger partial charge in [0.25, 0.3) is 0 Å². The van der Waals surface area contributed by atoms with E-state index in [4.69, 9.17) is 11.6 Å². The number of rotatable bonds is 2. The summed E-state index contributed by atoms with van der Waals surface area (Å²) in [7, 11) is 0. The maximum absolute atomic E-state index is 11.4. The Kier molecular flexibility index (Phi) is 3.36. The van der Waals surface area contributed by atoms with Crippen molar-refractivity contribution in [3.8, 4) is 0 Å². The third-order valence-corrected chi connectivity index (χ3v) is 6.78. The lowest BCUT2D eigenvalue weighted by atomic mass is 9.68. The highest BCUT2D eigenvalue weighted by Crippen LogP contribution is 2.63. The van der Waals surface area contributed by atoms with E-state index in [1.165, 1.54) is 30.4 Å². The van der Waals surface area contributed by atoms with E-state index in [1.807, 2.05) is 24.3 Å². The maximum atomic E-state index is 11.4. The molecule has 1 heterocycles. The number of carboxylic acid groups (broad SMARTS) is 1. The average molecular weight is 354 g/mol. The van der Waals surface area contributed by atoms with Gasteiger partial charge >= 0.3 is 5.97 Å². The molecule has 2 saturated carbocycles. The molecule has 128 valence electrons. The van der Waals surface area contributed by atoms with Crippen LogP contribution in [0.15, 0.2) is 42.5 Å². The van der Waals surface area contributed by atoms with Crippen LogP contribution in [0, 0.1) is 17.8 Å². The van der Waals surface area contributed by atoms with Gasteiger partial charge in [-0.3, -0.25) is 0 Å². The lowest BCUT2D eigenvalue weighted by Gasteiger charge is -2.43. The molecule has 25 heavy (non-hydrogen) atoms. The molecule has 4 heteroatoms. The van der Waals surface area contributed by atoms with Gasteiger partial charge in [-0.2, -0.15) is 0 Å². The number of hydrogen-bond donors (Lipinski definition) is 2. The summed E-state index contributed by atoms with van der Waals surface area (Å²) < 4.78 is 0. The van der Waals surface area contributed by atoms with Crippen LogP contribution in [0.25, 0.3) is 0 Å². The Labute approximate surface area is 152 Å². The molecule has 0 aromatic heterocycles. The summed E-state index contributed by atoms with van der Waals surface area (Å²) in [6.45, 7) is 0. The zero-order valence-corrected chi connectivity index (χ0v) is 14.5. The largest absolute Gasteiger partial charge is 0.478 e. The van der Waals surface area contributed by atoms with Crippen LogP contribution in [0.5, 0.6) is 0 Å². The van der Waals surface area contributed by atoms with E-state index in [1.54, 1.807) is 6.07 Å². The average Bonchev–Trinajstić information content (AvgIpc) is 3.22. The van der Waals surface area contributed by atoms with Crippen LogP contribution in [0.2, 0.25) is 5.02 Å². The zero-order chi connectivity index (χ0) is 17.1. The summed E-state index contributed by atoms with van der Waals surface area (Å²) in [5.74, 6) is 1.53. The standard InChI is InChI=1S/C21H20ClNO2/c22-15-3-1-2-13(9-15)20-19-12-5-4-11(8-12)18(19)16-10-14(21(24)25)6-7-17(16)23-20/h1-3,6-7,9-12,18-20,23H,4-5,8H2,(H,24,25)/t11-,12-,18-,19-,20-/m0/s1. The fourth-order valence-corrected chi connectivity index (χ4v) is 5.85. The number of carbonyl (C=O) groups is 1. The summed E-state index contributed by atoms with van der Waals surface area (Å²) in [5.41, 5.74) is 3.92. The number of aromatic carboxylic acids is 1. The quantitative estimate of drug-likeness (QED) is 0.766. The van der Waals surface area contributed by atoms with Crippen LogP contribution >= 0.6 is 11.6 Å². The molecular formula is C21H20ClNO2. The van der Waals surface area contributed by atoms with Gasteiger partial charge in [0.2, 0.25) is 0 Å². The second-order valence-electron chi connectivity index (χ2n) is 7.72. The van der Waals surface area contributed by atoms with Crippen molar-refractivity contribution in [3.05, 3.63) is 64.2 Å². The molecule has 0 radical (unpaired) electrons. The Morgan fingerprint density at radius 2 is 1.96 bits per heavy atom. The number of carboxylic acids is 1. The van der Waals surface area contributed by atoms with E-state index in [0.29, 0.717) is 29.2 Å². The number of benzene rings is 2. The molecule has 0 unspecified atom stereocenters. The fraction of sp³-hybridized carbons (Fsp3) is 0.381. The number of halogens is 1. The SMILES string of the molecule is O=C(O)c1ccc2c(c1)[C@@H]1[C@H]3CC[C@@H](C3)[C@@H]1[C@H](c1cccc(Cl)c1)N2. The Hall–Kier alpha value is -2.00. The molecule has 3 nitrogen and oxygen atoms in total. The molecule has 2 fully saturated rings. The number of nitrogens with one attached hydrogen (secondary N) is 1. The van der Waals surface area contributed by atoms with Gasteiger partial charge in [-0.05, 0) is 84.4 Å². The van der Waals surface area contributed by atoms with Gasteiger partial charge in [-0.15, -0.1) is 0 Å². The second kappa shape index (κ2) is 5.50. The summed E-state index contributed by atoms with van der Waals surface area (Å²) in [4.78, 5) is 11.4. The predicted molar refractivity (Wildman–Crippen MR) is 98.3 cm³/mol. The van der Waals surface area contributed by atoms with Crippen LogP contribution in [-0.2, 0) is 0 Å². The van der Waals surface area contributed by atoms with Gasteiger partial charge < -0.3 is 10.4 Å². The molecule has 0 spiro atoms. The first kappa shape index (κ1) is 15.3. The van der Waals surface area contributed by atoms with Crippen molar-refractivity contribution < 1.29 is 9.90 Å². The third-order valence-electron chi connectivity index (χ3n) is 6.54. The summed E-state index contributed by atoms with van der Waals surface area (Å²) in [5, 5.41) is 13.9. The van der Waals surface area contributed by atoms with Gasteiger partial charge in [-0.1, -0.05) is 23.7 Å². The Morgan fingerprint density at radius 3 is 2.76 bits per heavy atom. The molecular weight excluding hydrogens is 334 g/mol. The van der Waals surface area contributed by atoms with Gasteiger partial charge in [0.1, 0.15) is 0 Å². The molecule has 2 aromatic rings. The molecule has 5 rings (SSSR count). The summed E-state index contributed by atoms with van der Waals surface area (Å²) in [6.07, 6.45) is 3.83. The van der Waals surface area contributed by atoms with Crippen LogP contribution < -0.4 is 5.32 Å². The van der Waals surface area contributed by atoms with Crippen molar-refractivity contribution >= 4 is 23.3 Å². The number of anilines is 1. The van der Waals surface area contributed by atoms with Crippen molar-refractivity contribution in [2.45, 2.75) is 31.2 Å². The maximum Gasteiger partial charge on any atom is 0.335 e. The molecule has 0 amide bonds. The highest BCUT2D eigenvalue weighted by Gasteiger charge is 2.53. The lowest BCUT2D eigenvalue weighted by molar-refractivity contribution is 0.0696. The minimum absolute atomic E-state index is 0.252. The topological polar surface area (TPSA) is 49.3 Å².